The van der Waals surface area contributed by atoms with Gasteiger partial charge < -0.3 is 9.72 Å². The first kappa shape index (κ1) is 14.5. The van der Waals surface area contributed by atoms with Crippen molar-refractivity contribution in [1.82, 2.24) is 15.0 Å². The molecule has 0 unspecified atom stereocenters. The van der Waals surface area contributed by atoms with Gasteiger partial charge in [0.1, 0.15) is 11.8 Å². The van der Waals surface area contributed by atoms with Crippen LogP contribution in [-0.2, 0) is 0 Å². The minimum atomic E-state index is -0.323. The molecule has 3 aromatic rings. The third-order valence-corrected chi connectivity index (χ3v) is 3.28. The zero-order chi connectivity index (χ0) is 16.2. The maximum atomic E-state index is 12.2. The molecule has 0 aliphatic rings. The molecule has 112 valence electrons. The van der Waals surface area contributed by atoms with Crippen LogP contribution in [0.5, 0.6) is 5.75 Å². The summed E-state index contributed by atoms with van der Waals surface area (Å²) in [4.78, 5) is 23.2. The Morgan fingerprint density at radius 3 is 2.96 bits per heavy atom. The molecular formula is C17H12N4O2. The van der Waals surface area contributed by atoms with Gasteiger partial charge in [0.25, 0.3) is 5.56 Å². The van der Waals surface area contributed by atoms with Crippen LogP contribution in [0.3, 0.4) is 0 Å². The number of allylic oxidation sites excluding steroid dienone is 1. The molecule has 1 aromatic carbocycles. The van der Waals surface area contributed by atoms with Crippen LogP contribution in [0.1, 0.15) is 11.4 Å². The molecule has 23 heavy (non-hydrogen) atoms. The van der Waals surface area contributed by atoms with Crippen molar-refractivity contribution in [3.63, 3.8) is 0 Å². The largest absolute Gasteiger partial charge is 0.497 e. The lowest BCUT2D eigenvalue weighted by atomic mass is 10.1. The van der Waals surface area contributed by atoms with Crippen molar-refractivity contribution in [2.45, 2.75) is 0 Å². The lowest BCUT2D eigenvalue weighted by Crippen LogP contribution is -2.11. The number of nitrogens with one attached hydrogen (secondary N) is 1. The fourth-order valence-electron chi connectivity index (χ4n) is 2.15. The Morgan fingerprint density at radius 1 is 1.39 bits per heavy atom. The number of fused-ring (bicyclic) bond motifs is 1. The van der Waals surface area contributed by atoms with Crippen molar-refractivity contribution in [2.75, 3.05) is 7.11 Å². The molecule has 0 aliphatic heterocycles. The second kappa shape index (κ2) is 6.12. The Bertz CT molecular complexity index is 985. The molecule has 0 amide bonds. The summed E-state index contributed by atoms with van der Waals surface area (Å²) in [5.74, 6) is 0.794. The number of H-pyrrole nitrogens is 1. The number of hydrogen-bond donors (Lipinski definition) is 1. The van der Waals surface area contributed by atoms with Crippen LogP contribution in [0.2, 0.25) is 0 Å². The Kier molecular flexibility index (Phi) is 3.85. The van der Waals surface area contributed by atoms with Crippen molar-refractivity contribution in [3.05, 3.63) is 64.5 Å². The molecule has 0 saturated carbocycles. The average Bonchev–Trinajstić information content (AvgIpc) is 2.60. The van der Waals surface area contributed by atoms with E-state index in [2.05, 4.69) is 21.0 Å². The van der Waals surface area contributed by atoms with Gasteiger partial charge in [-0.15, -0.1) is 0 Å². The molecule has 2 heterocycles. The van der Waals surface area contributed by atoms with Crippen LogP contribution in [0, 0.1) is 11.3 Å². The summed E-state index contributed by atoms with van der Waals surface area (Å²) >= 11 is 0. The monoisotopic (exact) mass is 304 g/mol. The molecule has 1 N–H and O–H groups in total. The van der Waals surface area contributed by atoms with Gasteiger partial charge in [0.05, 0.1) is 23.6 Å². The SMILES string of the molecule is COc1ccc2nc(C(C#N)=Cc3cccnc3)[nH]c(=O)c2c1. The van der Waals surface area contributed by atoms with Crippen LogP contribution in [0.4, 0.5) is 0 Å². The number of rotatable bonds is 3. The first-order valence-electron chi connectivity index (χ1n) is 6.81. The fraction of sp³-hybridized carbons (Fsp3) is 0.0588. The van der Waals surface area contributed by atoms with Crippen molar-refractivity contribution in [3.8, 4) is 11.8 Å². The highest BCUT2D eigenvalue weighted by Crippen LogP contribution is 2.19. The number of aromatic amines is 1. The van der Waals surface area contributed by atoms with E-state index < -0.39 is 0 Å². The van der Waals surface area contributed by atoms with Gasteiger partial charge in [-0.25, -0.2) is 4.98 Å². The topological polar surface area (TPSA) is 91.7 Å². The third kappa shape index (κ3) is 2.94. The predicted molar refractivity (Wildman–Crippen MR) is 86.6 cm³/mol. The number of nitriles is 1. The molecule has 0 spiro atoms. The van der Waals surface area contributed by atoms with Crippen LogP contribution < -0.4 is 10.3 Å². The van der Waals surface area contributed by atoms with Crippen LogP contribution in [0.15, 0.2) is 47.5 Å². The lowest BCUT2D eigenvalue weighted by molar-refractivity contribution is 0.415. The van der Waals surface area contributed by atoms with Gasteiger partial charge in [-0.3, -0.25) is 9.78 Å². The summed E-state index contributed by atoms with van der Waals surface area (Å²) in [5.41, 5.74) is 1.18. The Labute approximate surface area is 131 Å². The summed E-state index contributed by atoms with van der Waals surface area (Å²) < 4.78 is 5.10. The number of ether oxygens (including phenoxy) is 1. The molecular weight excluding hydrogens is 292 g/mol. The standard InChI is InChI=1S/C17H12N4O2/c1-23-13-4-5-15-14(8-13)17(22)21-16(20-15)12(9-18)7-11-3-2-6-19-10-11/h2-8,10H,1H3,(H,20,21,22). The number of pyridine rings is 1. The van der Waals surface area contributed by atoms with Gasteiger partial charge in [-0.1, -0.05) is 6.07 Å². The Morgan fingerprint density at radius 2 is 2.26 bits per heavy atom. The molecule has 2 aromatic heterocycles. The Hall–Kier alpha value is -3.46. The molecule has 3 rings (SSSR count). The van der Waals surface area contributed by atoms with E-state index in [9.17, 15) is 10.1 Å². The van der Waals surface area contributed by atoms with E-state index in [-0.39, 0.29) is 17.0 Å². The third-order valence-electron chi connectivity index (χ3n) is 3.28. The zero-order valence-corrected chi connectivity index (χ0v) is 12.3. The molecule has 0 atom stereocenters. The molecule has 0 bridgehead atoms. The second-order valence-electron chi connectivity index (χ2n) is 4.75. The van der Waals surface area contributed by atoms with Crippen LogP contribution in [0.25, 0.3) is 22.6 Å². The molecule has 0 radical (unpaired) electrons. The minimum absolute atomic E-state index is 0.221. The highest BCUT2D eigenvalue weighted by atomic mass is 16.5. The average molecular weight is 304 g/mol. The number of benzene rings is 1. The maximum Gasteiger partial charge on any atom is 0.259 e. The van der Waals surface area contributed by atoms with Gasteiger partial charge >= 0.3 is 0 Å². The summed E-state index contributed by atoms with van der Waals surface area (Å²) in [6.07, 6.45) is 4.90. The zero-order valence-electron chi connectivity index (χ0n) is 12.3. The maximum absolute atomic E-state index is 12.2. The summed E-state index contributed by atoms with van der Waals surface area (Å²) in [6.45, 7) is 0. The number of hydrogen-bond acceptors (Lipinski definition) is 5. The number of methoxy groups -OCH3 is 1. The first-order valence-corrected chi connectivity index (χ1v) is 6.81. The second-order valence-corrected chi connectivity index (χ2v) is 4.75. The summed E-state index contributed by atoms with van der Waals surface area (Å²) in [6, 6.07) is 10.7. The Balaban J connectivity index is 2.14. The summed E-state index contributed by atoms with van der Waals surface area (Å²) in [5, 5.41) is 9.77. The van der Waals surface area contributed by atoms with Gasteiger partial charge in [-0.2, -0.15) is 5.26 Å². The quantitative estimate of drug-likeness (QED) is 0.750. The van der Waals surface area contributed by atoms with E-state index in [1.165, 1.54) is 7.11 Å². The van der Waals surface area contributed by atoms with Crippen molar-refractivity contribution in [2.24, 2.45) is 0 Å². The lowest BCUT2D eigenvalue weighted by Gasteiger charge is -2.04. The molecule has 0 fully saturated rings. The van der Waals surface area contributed by atoms with E-state index in [1.54, 1.807) is 42.7 Å². The highest BCUT2D eigenvalue weighted by molar-refractivity contribution is 5.89. The van der Waals surface area contributed by atoms with Crippen molar-refractivity contribution < 1.29 is 4.74 Å². The van der Waals surface area contributed by atoms with E-state index >= 15 is 0 Å². The fourth-order valence-corrected chi connectivity index (χ4v) is 2.15. The van der Waals surface area contributed by atoms with Crippen molar-refractivity contribution >= 4 is 22.6 Å². The van der Waals surface area contributed by atoms with E-state index in [1.807, 2.05) is 6.07 Å². The number of aromatic nitrogens is 3. The first-order chi connectivity index (χ1) is 11.2. The van der Waals surface area contributed by atoms with E-state index in [4.69, 9.17) is 4.74 Å². The smallest absolute Gasteiger partial charge is 0.259 e. The minimum Gasteiger partial charge on any atom is -0.497 e. The molecule has 6 heteroatoms. The van der Waals surface area contributed by atoms with Gasteiger partial charge in [0, 0.05) is 12.4 Å². The molecule has 0 aliphatic carbocycles. The predicted octanol–water partition coefficient (Wildman–Crippen LogP) is 2.39. The molecule has 6 nitrogen and oxygen atoms in total. The van der Waals surface area contributed by atoms with Crippen LogP contribution >= 0.6 is 0 Å². The van der Waals surface area contributed by atoms with Gasteiger partial charge in [0.15, 0.2) is 5.82 Å². The van der Waals surface area contributed by atoms with Crippen LogP contribution in [-0.4, -0.2) is 22.1 Å². The number of nitrogens with zero attached hydrogens (tertiary/aromatic N) is 3. The van der Waals surface area contributed by atoms with Crippen molar-refractivity contribution in [1.29, 1.82) is 5.26 Å². The highest BCUT2D eigenvalue weighted by Gasteiger charge is 2.09. The van der Waals surface area contributed by atoms with Gasteiger partial charge in [-0.05, 0) is 35.9 Å². The van der Waals surface area contributed by atoms with E-state index in [0.717, 1.165) is 5.56 Å². The van der Waals surface area contributed by atoms with Gasteiger partial charge in [0.2, 0.25) is 0 Å². The molecule has 0 saturated heterocycles. The normalized spacial score (nSPS) is 11.2. The van der Waals surface area contributed by atoms with E-state index in [0.29, 0.717) is 16.7 Å². The summed E-state index contributed by atoms with van der Waals surface area (Å²) in [7, 11) is 1.53.